The van der Waals surface area contributed by atoms with E-state index in [1.165, 1.54) is 37.8 Å². The van der Waals surface area contributed by atoms with Crippen molar-refractivity contribution in [2.75, 3.05) is 20.3 Å². The molecule has 1 aromatic carbocycles. The quantitative estimate of drug-likeness (QED) is 0.752. The lowest BCUT2D eigenvalue weighted by Crippen LogP contribution is -2.45. The van der Waals surface area contributed by atoms with Gasteiger partial charge in [-0.1, -0.05) is 0 Å². The molecule has 4 heteroatoms. The maximum atomic E-state index is 12.8. The molecule has 0 radical (unpaired) electrons. The fourth-order valence-electron chi connectivity index (χ4n) is 3.75. The monoisotopic (exact) mass is 293 g/mol. The van der Waals surface area contributed by atoms with Gasteiger partial charge in [0.05, 0.1) is 12.7 Å². The summed E-state index contributed by atoms with van der Waals surface area (Å²) in [6, 6.07) is 7.63. The average Bonchev–Trinajstić information content (AvgIpc) is 2.74. The summed E-state index contributed by atoms with van der Waals surface area (Å²) in [6.07, 6.45) is 6.43. The smallest absolute Gasteiger partial charge is 0.123 e. The van der Waals surface area contributed by atoms with E-state index in [0.717, 1.165) is 18.7 Å². The minimum absolute atomic E-state index is 0.222. The highest BCUT2D eigenvalue weighted by atomic mass is 19.1. The van der Waals surface area contributed by atoms with Crippen molar-refractivity contribution in [3.05, 3.63) is 30.1 Å². The largest absolute Gasteiger partial charge is 0.494 e. The number of piperidine rings is 1. The van der Waals surface area contributed by atoms with Crippen LogP contribution in [-0.2, 0) is 4.74 Å². The summed E-state index contributed by atoms with van der Waals surface area (Å²) in [4.78, 5) is 2.64. The van der Waals surface area contributed by atoms with E-state index in [0.29, 0.717) is 24.8 Å². The molecule has 21 heavy (non-hydrogen) atoms. The SMILES string of the molecule is COC1C[C@H]2CC[C@@H](C1)N2CCCOc1ccc(F)cc1. The lowest BCUT2D eigenvalue weighted by atomic mass is 9.99. The van der Waals surface area contributed by atoms with E-state index in [1.807, 2.05) is 7.11 Å². The molecule has 2 saturated heterocycles. The van der Waals surface area contributed by atoms with Crippen LogP contribution in [0.2, 0.25) is 0 Å². The number of halogens is 1. The molecule has 2 fully saturated rings. The summed E-state index contributed by atoms with van der Waals surface area (Å²) >= 11 is 0. The molecule has 2 heterocycles. The van der Waals surface area contributed by atoms with Gasteiger partial charge in [0, 0.05) is 25.7 Å². The van der Waals surface area contributed by atoms with Crippen molar-refractivity contribution >= 4 is 0 Å². The molecular formula is C17H24FNO2. The first-order valence-corrected chi connectivity index (χ1v) is 7.93. The highest BCUT2D eigenvalue weighted by Gasteiger charge is 2.40. The van der Waals surface area contributed by atoms with Crippen LogP contribution in [0, 0.1) is 5.82 Å². The number of methoxy groups -OCH3 is 1. The Bertz CT molecular complexity index is 437. The second kappa shape index (κ2) is 6.75. The first-order valence-electron chi connectivity index (χ1n) is 7.93. The van der Waals surface area contributed by atoms with Crippen LogP contribution in [-0.4, -0.2) is 43.3 Å². The number of fused-ring (bicyclic) bond motifs is 2. The van der Waals surface area contributed by atoms with Crippen LogP contribution < -0.4 is 4.74 Å². The molecule has 0 aliphatic carbocycles. The predicted molar refractivity (Wildman–Crippen MR) is 80.1 cm³/mol. The van der Waals surface area contributed by atoms with Crippen LogP contribution in [0.25, 0.3) is 0 Å². The third-order valence-corrected chi connectivity index (χ3v) is 4.82. The van der Waals surface area contributed by atoms with Crippen LogP contribution in [0.15, 0.2) is 24.3 Å². The van der Waals surface area contributed by atoms with E-state index < -0.39 is 0 Å². The highest BCUT2D eigenvalue weighted by Crippen LogP contribution is 2.36. The molecule has 1 aromatic rings. The van der Waals surface area contributed by atoms with E-state index >= 15 is 0 Å². The molecule has 0 aromatic heterocycles. The number of ether oxygens (including phenoxy) is 2. The molecule has 0 spiro atoms. The van der Waals surface area contributed by atoms with Crippen LogP contribution in [0.3, 0.4) is 0 Å². The van der Waals surface area contributed by atoms with Crippen LogP contribution in [0.4, 0.5) is 4.39 Å². The lowest BCUT2D eigenvalue weighted by Gasteiger charge is -2.38. The predicted octanol–water partition coefficient (Wildman–Crippen LogP) is 3.24. The second-order valence-corrected chi connectivity index (χ2v) is 6.11. The summed E-state index contributed by atoms with van der Waals surface area (Å²) in [5.74, 6) is 0.525. The molecule has 3 atom stereocenters. The number of hydrogen-bond donors (Lipinski definition) is 0. The summed E-state index contributed by atoms with van der Waals surface area (Å²) in [5.41, 5.74) is 0. The zero-order valence-electron chi connectivity index (χ0n) is 12.6. The van der Waals surface area contributed by atoms with Gasteiger partial charge in [-0.25, -0.2) is 4.39 Å². The second-order valence-electron chi connectivity index (χ2n) is 6.11. The Morgan fingerprint density at radius 2 is 1.81 bits per heavy atom. The zero-order chi connectivity index (χ0) is 14.7. The van der Waals surface area contributed by atoms with Crippen molar-refractivity contribution in [1.29, 1.82) is 0 Å². The Kier molecular flexibility index (Phi) is 4.76. The van der Waals surface area contributed by atoms with E-state index in [2.05, 4.69) is 4.90 Å². The van der Waals surface area contributed by atoms with Crippen LogP contribution in [0.1, 0.15) is 32.1 Å². The molecular weight excluding hydrogens is 269 g/mol. The number of benzene rings is 1. The van der Waals surface area contributed by atoms with Gasteiger partial charge >= 0.3 is 0 Å². The van der Waals surface area contributed by atoms with Crippen LogP contribution in [0.5, 0.6) is 5.75 Å². The number of rotatable bonds is 6. The molecule has 2 aliphatic rings. The van der Waals surface area contributed by atoms with Gasteiger partial charge in [0.2, 0.25) is 0 Å². The van der Waals surface area contributed by atoms with Gasteiger partial charge in [-0.2, -0.15) is 0 Å². The van der Waals surface area contributed by atoms with Gasteiger partial charge in [-0.15, -0.1) is 0 Å². The molecule has 1 unspecified atom stereocenters. The normalized spacial score (nSPS) is 28.8. The van der Waals surface area contributed by atoms with Gasteiger partial charge < -0.3 is 9.47 Å². The molecule has 116 valence electrons. The first kappa shape index (κ1) is 14.8. The lowest BCUT2D eigenvalue weighted by molar-refractivity contribution is 0.00443. The maximum absolute atomic E-state index is 12.8. The van der Waals surface area contributed by atoms with Gasteiger partial charge in [-0.3, -0.25) is 4.90 Å². The van der Waals surface area contributed by atoms with Crippen molar-refractivity contribution in [2.24, 2.45) is 0 Å². The average molecular weight is 293 g/mol. The van der Waals surface area contributed by atoms with E-state index in [9.17, 15) is 4.39 Å². The molecule has 2 aliphatic heterocycles. The van der Waals surface area contributed by atoms with Crippen molar-refractivity contribution in [3.63, 3.8) is 0 Å². The Balaban J connectivity index is 1.41. The number of nitrogens with zero attached hydrogens (tertiary/aromatic N) is 1. The Labute approximate surface area is 126 Å². The minimum atomic E-state index is -0.222. The van der Waals surface area contributed by atoms with Gasteiger partial charge in [0.25, 0.3) is 0 Å². The van der Waals surface area contributed by atoms with Crippen molar-refractivity contribution in [2.45, 2.75) is 50.3 Å². The van der Waals surface area contributed by atoms with Crippen molar-refractivity contribution < 1.29 is 13.9 Å². The standard InChI is InChI=1S/C17H24FNO2/c1-20-17-11-14-5-6-15(12-17)19(14)9-2-10-21-16-7-3-13(18)4-8-16/h3-4,7-8,14-15,17H,2,5-6,9-12H2,1H3/t14-,15+,17?. The van der Waals surface area contributed by atoms with E-state index in [4.69, 9.17) is 9.47 Å². The first-order chi connectivity index (χ1) is 10.3. The molecule has 0 saturated carbocycles. The topological polar surface area (TPSA) is 21.7 Å². The summed E-state index contributed by atoms with van der Waals surface area (Å²) in [5, 5.41) is 0. The zero-order valence-corrected chi connectivity index (χ0v) is 12.6. The Morgan fingerprint density at radius 3 is 2.43 bits per heavy atom. The van der Waals surface area contributed by atoms with Gasteiger partial charge in [0.15, 0.2) is 0 Å². The van der Waals surface area contributed by atoms with Crippen molar-refractivity contribution in [3.8, 4) is 5.75 Å². The van der Waals surface area contributed by atoms with E-state index in [1.54, 1.807) is 12.1 Å². The molecule has 3 nitrogen and oxygen atoms in total. The fraction of sp³-hybridized carbons (Fsp3) is 0.647. The minimum Gasteiger partial charge on any atom is -0.494 e. The fourth-order valence-corrected chi connectivity index (χ4v) is 3.75. The maximum Gasteiger partial charge on any atom is 0.123 e. The van der Waals surface area contributed by atoms with Crippen molar-refractivity contribution in [1.82, 2.24) is 4.90 Å². The van der Waals surface area contributed by atoms with Gasteiger partial charge in [-0.05, 0) is 56.4 Å². The molecule has 3 rings (SSSR count). The highest BCUT2D eigenvalue weighted by molar-refractivity contribution is 5.21. The number of hydrogen-bond acceptors (Lipinski definition) is 3. The van der Waals surface area contributed by atoms with Crippen LogP contribution >= 0.6 is 0 Å². The molecule has 0 N–H and O–H groups in total. The molecule has 2 bridgehead atoms. The summed E-state index contributed by atoms with van der Waals surface area (Å²) in [6.45, 7) is 1.78. The molecule has 0 amide bonds. The van der Waals surface area contributed by atoms with E-state index in [-0.39, 0.29) is 5.82 Å². The summed E-state index contributed by atoms with van der Waals surface area (Å²) < 4.78 is 24.0. The van der Waals surface area contributed by atoms with Gasteiger partial charge in [0.1, 0.15) is 11.6 Å². The summed E-state index contributed by atoms with van der Waals surface area (Å²) in [7, 11) is 1.83. The third kappa shape index (κ3) is 3.55. The Morgan fingerprint density at radius 1 is 1.14 bits per heavy atom. The Hall–Kier alpha value is -1.13. The third-order valence-electron chi connectivity index (χ3n) is 4.82.